The van der Waals surface area contributed by atoms with E-state index in [1.807, 2.05) is 0 Å². The third kappa shape index (κ3) is 3.46. The first-order chi connectivity index (χ1) is 14.1. The molecule has 29 heavy (non-hydrogen) atoms. The number of fused-ring (bicyclic) bond motifs is 2. The SMILES string of the molecule is O=C(O)c1cccc(Oc2cccc3c(=O)cc(N4CCC5CC5CC4)[nH]c23)c1. The molecule has 0 radical (unpaired) electrons. The molecule has 1 aliphatic carbocycles. The van der Waals surface area contributed by atoms with E-state index in [0.717, 1.165) is 30.7 Å². The van der Waals surface area contributed by atoms with Gasteiger partial charge in [0, 0.05) is 24.5 Å². The van der Waals surface area contributed by atoms with Crippen LogP contribution in [0.3, 0.4) is 0 Å². The van der Waals surface area contributed by atoms with E-state index in [1.165, 1.54) is 31.4 Å². The van der Waals surface area contributed by atoms with Gasteiger partial charge in [0.1, 0.15) is 11.6 Å². The average Bonchev–Trinajstić information content (AvgIpc) is 3.48. The average molecular weight is 390 g/mol. The highest BCUT2D eigenvalue weighted by Crippen LogP contribution is 2.46. The van der Waals surface area contributed by atoms with Gasteiger partial charge in [-0.15, -0.1) is 0 Å². The molecule has 2 heterocycles. The Balaban J connectivity index is 1.52. The smallest absolute Gasteiger partial charge is 0.335 e. The number of carboxylic acids is 1. The maximum atomic E-state index is 12.8. The highest BCUT2D eigenvalue weighted by molar-refractivity contribution is 5.88. The minimum Gasteiger partial charge on any atom is -0.478 e. The van der Waals surface area contributed by atoms with Crippen molar-refractivity contribution in [2.24, 2.45) is 11.8 Å². The molecule has 0 spiro atoms. The Bertz CT molecular complexity index is 1140. The summed E-state index contributed by atoms with van der Waals surface area (Å²) in [7, 11) is 0. The summed E-state index contributed by atoms with van der Waals surface area (Å²) < 4.78 is 5.98. The van der Waals surface area contributed by atoms with E-state index < -0.39 is 5.97 Å². The first-order valence-corrected chi connectivity index (χ1v) is 10.0. The molecule has 6 heteroatoms. The summed E-state index contributed by atoms with van der Waals surface area (Å²) in [5, 5.41) is 9.75. The van der Waals surface area contributed by atoms with Crippen LogP contribution in [0.25, 0.3) is 10.9 Å². The molecule has 5 rings (SSSR count). The second-order valence-electron chi connectivity index (χ2n) is 7.95. The fraction of sp³-hybridized carbons (Fsp3) is 0.304. The van der Waals surface area contributed by atoms with Crippen molar-refractivity contribution in [1.29, 1.82) is 0 Å². The van der Waals surface area contributed by atoms with E-state index in [9.17, 15) is 14.7 Å². The van der Waals surface area contributed by atoms with E-state index in [0.29, 0.717) is 22.4 Å². The molecule has 2 fully saturated rings. The van der Waals surface area contributed by atoms with Crippen LogP contribution in [-0.4, -0.2) is 29.1 Å². The lowest BCUT2D eigenvalue weighted by Crippen LogP contribution is -2.27. The van der Waals surface area contributed by atoms with Crippen LogP contribution in [0.4, 0.5) is 5.82 Å². The van der Waals surface area contributed by atoms with Gasteiger partial charge in [0.15, 0.2) is 11.2 Å². The van der Waals surface area contributed by atoms with Gasteiger partial charge in [-0.05, 0) is 61.4 Å². The Labute approximate surface area is 167 Å². The first-order valence-electron chi connectivity index (χ1n) is 10.0. The molecule has 1 aliphatic heterocycles. The Morgan fingerprint density at radius 2 is 1.83 bits per heavy atom. The van der Waals surface area contributed by atoms with Crippen molar-refractivity contribution in [3.8, 4) is 11.5 Å². The largest absolute Gasteiger partial charge is 0.478 e. The van der Waals surface area contributed by atoms with Gasteiger partial charge in [0.05, 0.1) is 11.1 Å². The van der Waals surface area contributed by atoms with E-state index in [4.69, 9.17) is 4.74 Å². The van der Waals surface area contributed by atoms with Gasteiger partial charge in [-0.25, -0.2) is 4.79 Å². The molecule has 148 valence electrons. The van der Waals surface area contributed by atoms with Crippen LogP contribution >= 0.6 is 0 Å². The normalized spacial score (nSPS) is 20.8. The summed E-state index contributed by atoms with van der Waals surface area (Å²) in [4.78, 5) is 29.7. The number of anilines is 1. The van der Waals surface area contributed by atoms with Crippen LogP contribution in [0.2, 0.25) is 0 Å². The molecule has 2 unspecified atom stereocenters. The van der Waals surface area contributed by atoms with Crippen molar-refractivity contribution >= 4 is 22.7 Å². The molecule has 1 saturated carbocycles. The molecular weight excluding hydrogens is 368 g/mol. The number of ether oxygens (including phenoxy) is 1. The number of H-pyrrole nitrogens is 1. The third-order valence-electron chi connectivity index (χ3n) is 6.07. The second-order valence-corrected chi connectivity index (χ2v) is 7.95. The number of nitrogens with zero attached hydrogens (tertiary/aromatic N) is 1. The molecule has 2 N–H and O–H groups in total. The summed E-state index contributed by atoms with van der Waals surface area (Å²) in [5.41, 5.74) is 0.734. The molecule has 1 aromatic heterocycles. The van der Waals surface area contributed by atoms with Crippen LogP contribution in [-0.2, 0) is 0 Å². The van der Waals surface area contributed by atoms with E-state index in [2.05, 4.69) is 9.88 Å². The number of aromatic amines is 1. The third-order valence-corrected chi connectivity index (χ3v) is 6.07. The number of rotatable bonds is 4. The molecule has 2 aromatic carbocycles. The maximum absolute atomic E-state index is 12.8. The topological polar surface area (TPSA) is 82.6 Å². The quantitative estimate of drug-likeness (QED) is 0.696. The number of pyridine rings is 1. The highest BCUT2D eigenvalue weighted by Gasteiger charge is 2.38. The van der Waals surface area contributed by atoms with Gasteiger partial charge in [-0.2, -0.15) is 0 Å². The van der Waals surface area contributed by atoms with Crippen molar-refractivity contribution in [2.45, 2.75) is 19.3 Å². The number of aromatic carboxylic acids is 1. The fourth-order valence-electron chi connectivity index (χ4n) is 4.32. The van der Waals surface area contributed by atoms with Crippen molar-refractivity contribution in [2.75, 3.05) is 18.0 Å². The zero-order valence-corrected chi connectivity index (χ0v) is 15.9. The predicted molar refractivity (Wildman–Crippen MR) is 111 cm³/mol. The zero-order valence-electron chi connectivity index (χ0n) is 15.9. The van der Waals surface area contributed by atoms with Gasteiger partial charge in [-0.3, -0.25) is 4.79 Å². The minimum atomic E-state index is -1.01. The standard InChI is InChI=1S/C23H22N2O4/c26-19-13-21(25-9-7-14-11-15(14)8-10-25)24-22-18(19)5-2-6-20(22)29-17-4-1-3-16(12-17)23(27)28/h1-6,12-15H,7-11H2,(H,24,26)(H,27,28). The zero-order chi connectivity index (χ0) is 20.0. The molecule has 2 atom stereocenters. The monoisotopic (exact) mass is 390 g/mol. The number of hydrogen-bond donors (Lipinski definition) is 2. The van der Waals surface area contributed by atoms with Crippen LogP contribution in [0, 0.1) is 11.8 Å². The number of hydrogen-bond acceptors (Lipinski definition) is 4. The summed E-state index contributed by atoms with van der Waals surface area (Å²) >= 11 is 0. The Morgan fingerprint density at radius 1 is 1.07 bits per heavy atom. The predicted octanol–water partition coefficient (Wildman–Crippen LogP) is 4.25. The van der Waals surface area contributed by atoms with Crippen LogP contribution in [0.15, 0.2) is 53.3 Å². The van der Waals surface area contributed by atoms with Gasteiger partial charge >= 0.3 is 5.97 Å². The van der Waals surface area contributed by atoms with Crippen molar-refractivity contribution < 1.29 is 14.6 Å². The fourth-order valence-corrected chi connectivity index (χ4v) is 4.32. The number of carbonyl (C=O) groups is 1. The van der Waals surface area contributed by atoms with Gasteiger partial charge in [0.25, 0.3) is 0 Å². The number of benzene rings is 2. The lowest BCUT2D eigenvalue weighted by atomic mass is 10.2. The summed E-state index contributed by atoms with van der Waals surface area (Å²) in [6, 6.07) is 13.3. The number of nitrogens with one attached hydrogen (secondary N) is 1. The van der Waals surface area contributed by atoms with E-state index >= 15 is 0 Å². The highest BCUT2D eigenvalue weighted by atomic mass is 16.5. The summed E-state index contributed by atoms with van der Waals surface area (Å²) in [6.07, 6.45) is 3.70. The van der Waals surface area contributed by atoms with Crippen molar-refractivity contribution in [3.05, 3.63) is 64.3 Å². The summed E-state index contributed by atoms with van der Waals surface area (Å²) in [6.45, 7) is 1.90. The maximum Gasteiger partial charge on any atom is 0.335 e. The van der Waals surface area contributed by atoms with Crippen molar-refractivity contribution in [3.63, 3.8) is 0 Å². The van der Waals surface area contributed by atoms with Gasteiger partial charge in [0.2, 0.25) is 0 Å². The molecule has 0 amide bonds. The van der Waals surface area contributed by atoms with Gasteiger partial charge < -0.3 is 19.7 Å². The molecular formula is C23H22N2O4. The molecule has 1 saturated heterocycles. The van der Waals surface area contributed by atoms with E-state index in [1.54, 1.807) is 36.4 Å². The van der Waals surface area contributed by atoms with Gasteiger partial charge in [-0.1, -0.05) is 12.1 Å². The van der Waals surface area contributed by atoms with Crippen LogP contribution in [0.1, 0.15) is 29.6 Å². The van der Waals surface area contributed by atoms with Crippen molar-refractivity contribution in [1.82, 2.24) is 4.98 Å². The van der Waals surface area contributed by atoms with E-state index in [-0.39, 0.29) is 11.0 Å². The lowest BCUT2D eigenvalue weighted by Gasteiger charge is -2.23. The second kappa shape index (κ2) is 6.95. The lowest BCUT2D eigenvalue weighted by molar-refractivity contribution is 0.0696. The van der Waals surface area contributed by atoms with Crippen LogP contribution < -0.4 is 15.1 Å². The minimum absolute atomic E-state index is 0.0482. The van der Waals surface area contributed by atoms with Crippen LogP contribution in [0.5, 0.6) is 11.5 Å². The number of aromatic nitrogens is 1. The first kappa shape index (κ1) is 17.8. The number of carboxylic acid groups (broad SMARTS) is 1. The summed E-state index contributed by atoms with van der Waals surface area (Å²) in [5.74, 6) is 2.43. The molecule has 0 bridgehead atoms. The number of para-hydroxylation sites is 1. The molecule has 2 aliphatic rings. The Hall–Kier alpha value is -3.28. The Morgan fingerprint density at radius 3 is 2.59 bits per heavy atom. The Kier molecular flexibility index (Phi) is 4.27. The molecule has 6 nitrogen and oxygen atoms in total. The molecule has 3 aromatic rings.